The van der Waals surface area contributed by atoms with E-state index in [0.29, 0.717) is 4.31 Å². The van der Waals surface area contributed by atoms with E-state index in [9.17, 15) is 22.8 Å². The normalized spacial score (nSPS) is 21.2. The lowest BCUT2D eigenvalue weighted by atomic mass is 10.2. The van der Waals surface area contributed by atoms with E-state index >= 15 is 0 Å². The predicted molar refractivity (Wildman–Crippen MR) is 63.6 cm³/mol. The predicted octanol–water partition coefficient (Wildman–Crippen LogP) is -1.59. The Labute approximate surface area is 108 Å². The second-order valence-electron chi connectivity index (χ2n) is 4.01. The number of pyridine rings is 1. The van der Waals surface area contributed by atoms with E-state index in [1.807, 2.05) is 5.32 Å². The molecule has 1 aromatic rings. The van der Waals surface area contributed by atoms with Gasteiger partial charge >= 0.3 is 0 Å². The van der Waals surface area contributed by atoms with Gasteiger partial charge in [-0.25, -0.2) is 8.42 Å². The van der Waals surface area contributed by atoms with Gasteiger partial charge in [0.05, 0.1) is 6.54 Å². The van der Waals surface area contributed by atoms with Gasteiger partial charge in [0.25, 0.3) is 0 Å². The Hall–Kier alpha value is -2.00. The molecule has 1 aromatic heterocycles. The lowest BCUT2D eigenvalue weighted by molar-refractivity contribution is -0.136. The summed E-state index contributed by atoms with van der Waals surface area (Å²) in [5.74, 6) is -1.44. The van der Waals surface area contributed by atoms with Crippen molar-refractivity contribution in [2.75, 3.05) is 6.54 Å². The van der Waals surface area contributed by atoms with Gasteiger partial charge in [-0.2, -0.15) is 4.31 Å². The van der Waals surface area contributed by atoms with Gasteiger partial charge in [0.1, 0.15) is 10.9 Å². The van der Waals surface area contributed by atoms with Crippen molar-refractivity contribution in [1.82, 2.24) is 14.6 Å². The topological polar surface area (TPSA) is 116 Å². The minimum atomic E-state index is -4.20. The number of piperazine rings is 1. The number of carbonyl (C=O) groups is 2. The summed E-state index contributed by atoms with van der Waals surface area (Å²) in [7, 11) is -4.20. The van der Waals surface area contributed by atoms with Crippen LogP contribution in [-0.2, 0) is 19.6 Å². The summed E-state index contributed by atoms with van der Waals surface area (Å²) >= 11 is 0. The highest BCUT2D eigenvalue weighted by Gasteiger charge is 2.39. The van der Waals surface area contributed by atoms with Crippen LogP contribution in [0, 0.1) is 0 Å². The van der Waals surface area contributed by atoms with Crippen molar-refractivity contribution in [2.45, 2.75) is 17.9 Å². The minimum Gasteiger partial charge on any atom is -0.366 e. The summed E-state index contributed by atoms with van der Waals surface area (Å²) in [4.78, 5) is 36.3. The van der Waals surface area contributed by atoms with Gasteiger partial charge in [0, 0.05) is 18.5 Å². The molecule has 9 heteroatoms. The maximum absolute atomic E-state index is 12.3. The maximum atomic E-state index is 12.3. The smallest absolute Gasteiger partial charge is 0.249 e. The van der Waals surface area contributed by atoms with Crippen LogP contribution >= 0.6 is 0 Å². The molecule has 1 saturated heterocycles. The second-order valence-corrected chi connectivity index (χ2v) is 5.87. The van der Waals surface area contributed by atoms with Gasteiger partial charge < -0.3 is 4.98 Å². The average Bonchev–Trinajstić information content (AvgIpc) is 2.34. The fourth-order valence-electron chi connectivity index (χ4n) is 1.71. The highest BCUT2D eigenvalue weighted by molar-refractivity contribution is 7.89. The van der Waals surface area contributed by atoms with E-state index in [-0.39, 0.29) is 0 Å². The van der Waals surface area contributed by atoms with Crippen molar-refractivity contribution in [3.63, 3.8) is 0 Å². The van der Waals surface area contributed by atoms with Crippen molar-refractivity contribution in [3.8, 4) is 0 Å². The Bertz CT molecular complexity index is 693. The number of aromatic nitrogens is 1. The van der Waals surface area contributed by atoms with E-state index in [1.165, 1.54) is 13.1 Å². The molecule has 102 valence electrons. The van der Waals surface area contributed by atoms with Crippen LogP contribution in [0.3, 0.4) is 0 Å². The zero-order valence-electron chi connectivity index (χ0n) is 9.91. The van der Waals surface area contributed by atoms with Gasteiger partial charge in [-0.3, -0.25) is 19.7 Å². The molecular weight excluding hydrogens is 274 g/mol. The maximum Gasteiger partial charge on any atom is 0.249 e. The van der Waals surface area contributed by atoms with E-state index in [0.717, 1.165) is 12.3 Å². The number of rotatable bonds is 2. The molecule has 0 radical (unpaired) electrons. The zero-order chi connectivity index (χ0) is 14.2. The molecule has 0 aliphatic carbocycles. The first-order chi connectivity index (χ1) is 8.84. The molecule has 2 rings (SSSR count). The Morgan fingerprint density at radius 2 is 2.00 bits per heavy atom. The average molecular weight is 285 g/mol. The minimum absolute atomic E-state index is 0.496. The van der Waals surface area contributed by atoms with E-state index in [2.05, 4.69) is 4.98 Å². The molecule has 0 saturated carbocycles. The number of nitrogens with one attached hydrogen (secondary N) is 2. The molecule has 1 aliphatic heterocycles. The van der Waals surface area contributed by atoms with Crippen LogP contribution in [0.4, 0.5) is 0 Å². The van der Waals surface area contributed by atoms with E-state index < -0.39 is 44.7 Å². The fourth-order valence-corrected chi connectivity index (χ4v) is 3.30. The number of imide groups is 1. The van der Waals surface area contributed by atoms with Crippen LogP contribution in [0.1, 0.15) is 6.92 Å². The first-order valence-corrected chi connectivity index (χ1v) is 6.80. The summed E-state index contributed by atoms with van der Waals surface area (Å²) in [6, 6.07) is 0.00550. The highest BCUT2D eigenvalue weighted by atomic mass is 32.2. The number of nitrogens with zero attached hydrogens (tertiary/aromatic N) is 1. The molecule has 0 aromatic carbocycles. The van der Waals surface area contributed by atoms with Crippen LogP contribution in [0.15, 0.2) is 28.2 Å². The third kappa shape index (κ3) is 2.29. The fraction of sp³-hybridized carbons (Fsp3) is 0.300. The van der Waals surface area contributed by atoms with Gasteiger partial charge in [0.15, 0.2) is 0 Å². The SMILES string of the molecule is CC1C(=O)NC(=O)CN1S(=O)(=O)c1c[nH]ccc1=O. The van der Waals surface area contributed by atoms with Crippen molar-refractivity contribution >= 4 is 21.8 Å². The van der Waals surface area contributed by atoms with E-state index in [1.54, 1.807) is 0 Å². The third-order valence-electron chi connectivity index (χ3n) is 2.75. The first kappa shape index (κ1) is 13.4. The summed E-state index contributed by atoms with van der Waals surface area (Å²) in [5.41, 5.74) is -0.704. The lowest BCUT2D eigenvalue weighted by Gasteiger charge is -2.30. The van der Waals surface area contributed by atoms with Crippen LogP contribution in [0.5, 0.6) is 0 Å². The Balaban J connectivity index is 2.51. The third-order valence-corrected chi connectivity index (χ3v) is 4.69. The molecular formula is C10H11N3O5S. The van der Waals surface area contributed by atoms with Crippen LogP contribution in [0.25, 0.3) is 0 Å². The number of sulfonamides is 1. The standard InChI is InChI=1S/C10H11N3O5S/c1-6-10(16)12-9(15)5-13(6)19(17,18)8-4-11-3-2-7(8)14/h2-4,6H,5H2,1H3,(H,11,14)(H,12,15,16). The van der Waals surface area contributed by atoms with Gasteiger partial charge in [-0.05, 0) is 6.92 Å². The van der Waals surface area contributed by atoms with Gasteiger partial charge in [-0.1, -0.05) is 0 Å². The first-order valence-electron chi connectivity index (χ1n) is 5.36. The molecule has 1 atom stereocenters. The summed E-state index contributed by atoms with van der Waals surface area (Å²) < 4.78 is 25.3. The van der Waals surface area contributed by atoms with Crippen molar-refractivity contribution in [1.29, 1.82) is 0 Å². The summed E-state index contributed by atoms with van der Waals surface area (Å²) in [5, 5.41) is 2.03. The zero-order valence-corrected chi connectivity index (χ0v) is 10.7. The molecule has 19 heavy (non-hydrogen) atoms. The number of aromatic amines is 1. The van der Waals surface area contributed by atoms with Crippen molar-refractivity contribution in [3.05, 3.63) is 28.7 Å². The van der Waals surface area contributed by atoms with Gasteiger partial charge in [0.2, 0.25) is 27.3 Å². The summed E-state index contributed by atoms with van der Waals surface area (Å²) in [6.45, 7) is 0.847. The van der Waals surface area contributed by atoms with E-state index in [4.69, 9.17) is 0 Å². The van der Waals surface area contributed by atoms with Crippen LogP contribution in [-0.4, -0.2) is 42.1 Å². The monoisotopic (exact) mass is 285 g/mol. The Morgan fingerprint density at radius 1 is 1.32 bits per heavy atom. The molecule has 0 spiro atoms. The summed E-state index contributed by atoms with van der Waals surface area (Å²) in [6.07, 6.45) is 2.32. The molecule has 1 aliphatic rings. The Morgan fingerprint density at radius 3 is 2.63 bits per heavy atom. The quantitative estimate of drug-likeness (QED) is 0.635. The molecule has 1 fully saturated rings. The second kappa shape index (κ2) is 4.59. The Kier molecular flexibility index (Phi) is 3.25. The molecule has 8 nitrogen and oxygen atoms in total. The number of hydrogen-bond donors (Lipinski definition) is 2. The molecule has 0 bridgehead atoms. The molecule has 2 N–H and O–H groups in total. The molecule has 1 unspecified atom stereocenters. The number of carbonyl (C=O) groups excluding carboxylic acids is 2. The number of H-pyrrole nitrogens is 1. The number of amides is 2. The highest BCUT2D eigenvalue weighted by Crippen LogP contribution is 2.16. The lowest BCUT2D eigenvalue weighted by Crippen LogP contribution is -2.58. The van der Waals surface area contributed by atoms with Crippen LogP contribution in [0.2, 0.25) is 0 Å². The number of hydrogen-bond acceptors (Lipinski definition) is 5. The molecule has 2 amide bonds. The van der Waals surface area contributed by atoms with Gasteiger partial charge in [-0.15, -0.1) is 0 Å². The molecule has 2 heterocycles. The van der Waals surface area contributed by atoms with Crippen molar-refractivity contribution in [2.24, 2.45) is 0 Å². The van der Waals surface area contributed by atoms with Crippen LogP contribution < -0.4 is 10.7 Å². The van der Waals surface area contributed by atoms with Crippen molar-refractivity contribution < 1.29 is 18.0 Å². The largest absolute Gasteiger partial charge is 0.366 e.